The largest absolute Gasteiger partial charge is 0.478 e. The number of carboxylic acid groups (broad SMARTS) is 2. The van der Waals surface area contributed by atoms with E-state index >= 15 is 0 Å². The van der Waals surface area contributed by atoms with Gasteiger partial charge in [-0.15, -0.1) is 0 Å². The first-order valence-electron chi connectivity index (χ1n) is 10.2. The Labute approximate surface area is 184 Å². The molecule has 8 nitrogen and oxygen atoms in total. The van der Waals surface area contributed by atoms with Crippen molar-refractivity contribution in [2.75, 3.05) is 18.0 Å². The number of aromatic amines is 1. The molecule has 0 radical (unpaired) electrons. The molecule has 0 saturated carbocycles. The van der Waals surface area contributed by atoms with Crippen LogP contribution in [0.25, 0.3) is 18.3 Å². The van der Waals surface area contributed by atoms with Gasteiger partial charge < -0.3 is 15.1 Å². The summed E-state index contributed by atoms with van der Waals surface area (Å²) in [6, 6.07) is 9.51. The van der Waals surface area contributed by atoms with Gasteiger partial charge in [-0.3, -0.25) is 9.89 Å². The summed E-state index contributed by atoms with van der Waals surface area (Å²) in [5.41, 5.74) is 2.10. The molecule has 0 aliphatic carbocycles. The fourth-order valence-electron chi connectivity index (χ4n) is 3.58. The van der Waals surface area contributed by atoms with Crippen LogP contribution in [0.1, 0.15) is 45.7 Å². The molecule has 0 fully saturated rings. The van der Waals surface area contributed by atoms with Crippen LogP contribution in [-0.2, 0) is 0 Å². The summed E-state index contributed by atoms with van der Waals surface area (Å²) in [6.45, 7) is 11.8. The Morgan fingerprint density at radius 2 is 1.66 bits per heavy atom. The lowest BCUT2D eigenvalue weighted by molar-refractivity contribution is 0.0696. The zero-order chi connectivity index (χ0) is 23.6. The van der Waals surface area contributed by atoms with E-state index < -0.39 is 17.5 Å². The van der Waals surface area contributed by atoms with E-state index in [0.717, 1.165) is 40.7 Å². The Kier molecular flexibility index (Phi) is 6.34. The van der Waals surface area contributed by atoms with Crippen molar-refractivity contribution in [3.8, 4) is 5.69 Å². The fraction of sp³-hybridized carbons (Fsp3) is 0.208. The first-order chi connectivity index (χ1) is 15.2. The van der Waals surface area contributed by atoms with Crippen LogP contribution in [0.5, 0.6) is 0 Å². The molecule has 0 unspecified atom stereocenters. The monoisotopic (exact) mass is 435 g/mol. The summed E-state index contributed by atoms with van der Waals surface area (Å²) in [6.07, 6.45) is 1.72. The van der Waals surface area contributed by atoms with Crippen LogP contribution in [0.15, 0.2) is 41.2 Å². The van der Waals surface area contributed by atoms with Crippen molar-refractivity contribution in [1.29, 1.82) is 0 Å². The van der Waals surface area contributed by atoms with E-state index in [0.29, 0.717) is 10.6 Å². The molecule has 1 heterocycles. The van der Waals surface area contributed by atoms with E-state index in [9.17, 15) is 24.6 Å². The van der Waals surface area contributed by atoms with Crippen molar-refractivity contribution in [2.24, 2.45) is 0 Å². The number of rotatable bonds is 7. The maximum Gasteiger partial charge on any atom is 0.335 e. The van der Waals surface area contributed by atoms with Crippen LogP contribution < -0.4 is 21.0 Å². The Morgan fingerprint density at radius 1 is 1.06 bits per heavy atom. The van der Waals surface area contributed by atoms with Gasteiger partial charge in [0.15, 0.2) is 0 Å². The highest BCUT2D eigenvalue weighted by atomic mass is 16.4. The lowest BCUT2D eigenvalue weighted by Gasteiger charge is -2.21. The molecule has 0 amide bonds. The number of hydrogen-bond acceptors (Lipinski definition) is 4. The quantitative estimate of drug-likeness (QED) is 0.523. The van der Waals surface area contributed by atoms with Gasteiger partial charge in [-0.1, -0.05) is 12.6 Å². The van der Waals surface area contributed by atoms with Gasteiger partial charge in [-0.2, -0.15) is 0 Å². The van der Waals surface area contributed by atoms with Gasteiger partial charge in [-0.05, 0) is 68.3 Å². The highest BCUT2D eigenvalue weighted by Gasteiger charge is 2.14. The number of anilines is 1. The second-order valence-electron chi connectivity index (χ2n) is 7.38. The van der Waals surface area contributed by atoms with Crippen molar-refractivity contribution in [3.63, 3.8) is 0 Å². The fourth-order valence-corrected chi connectivity index (χ4v) is 3.58. The van der Waals surface area contributed by atoms with E-state index in [4.69, 9.17) is 0 Å². The minimum Gasteiger partial charge on any atom is -0.478 e. The van der Waals surface area contributed by atoms with Crippen molar-refractivity contribution < 1.29 is 19.8 Å². The summed E-state index contributed by atoms with van der Waals surface area (Å²) >= 11 is 0. The average Bonchev–Trinajstić information content (AvgIpc) is 3.04. The Balaban J connectivity index is 2.15. The molecule has 0 bridgehead atoms. The molecule has 0 saturated heterocycles. The second kappa shape index (κ2) is 8.97. The topological polar surface area (TPSA) is 116 Å². The van der Waals surface area contributed by atoms with Crippen molar-refractivity contribution in [2.45, 2.75) is 20.8 Å². The van der Waals surface area contributed by atoms with Gasteiger partial charge in [-0.25, -0.2) is 14.3 Å². The summed E-state index contributed by atoms with van der Waals surface area (Å²) < 4.78 is 1.10. The van der Waals surface area contributed by atoms with E-state index in [1.165, 1.54) is 12.1 Å². The van der Waals surface area contributed by atoms with Gasteiger partial charge in [0.2, 0.25) is 0 Å². The maximum atomic E-state index is 13.1. The Morgan fingerprint density at radius 3 is 2.16 bits per heavy atom. The molecule has 0 aliphatic rings. The first-order valence-corrected chi connectivity index (χ1v) is 10.2. The smallest absolute Gasteiger partial charge is 0.335 e. The van der Waals surface area contributed by atoms with Crippen LogP contribution in [0.3, 0.4) is 0 Å². The number of nitrogens with zero attached hydrogens (tertiary/aromatic N) is 2. The lowest BCUT2D eigenvalue weighted by Crippen LogP contribution is -2.34. The van der Waals surface area contributed by atoms with Gasteiger partial charge >= 0.3 is 11.9 Å². The summed E-state index contributed by atoms with van der Waals surface area (Å²) in [4.78, 5) is 38.1. The molecule has 0 atom stereocenters. The number of nitrogens with one attached hydrogen (secondary N) is 1. The molecule has 3 N–H and O–H groups in total. The highest BCUT2D eigenvalue weighted by Crippen LogP contribution is 2.19. The average molecular weight is 435 g/mol. The van der Waals surface area contributed by atoms with Crippen molar-refractivity contribution >= 4 is 30.3 Å². The molecule has 0 aliphatic heterocycles. The third-order valence-electron chi connectivity index (χ3n) is 5.36. The third-order valence-corrected chi connectivity index (χ3v) is 5.36. The number of H-pyrrole nitrogens is 1. The van der Waals surface area contributed by atoms with E-state index in [2.05, 4.69) is 36.5 Å². The minimum atomic E-state index is -1.29. The molecular weight excluding hydrogens is 410 g/mol. The number of aromatic nitrogens is 2. The number of carboxylic acids is 2. The predicted octanol–water partition coefficient (Wildman–Crippen LogP) is 1.96. The molecule has 3 aromatic rings. The van der Waals surface area contributed by atoms with Crippen molar-refractivity contribution in [3.05, 3.63) is 79.6 Å². The SMILES string of the molecule is C=c1[nH]n(-c2cc(C(=O)O)cc(C(=O)O)c2)c(=O)c1=Cc1ccc(N(CC)CC)cc1C. The van der Waals surface area contributed by atoms with Crippen LogP contribution in [0.4, 0.5) is 5.69 Å². The maximum absolute atomic E-state index is 13.1. The Hall–Kier alpha value is -4.07. The third kappa shape index (κ3) is 4.34. The molecule has 2 aromatic carbocycles. The number of hydrogen-bond donors (Lipinski definition) is 3. The number of carbonyl (C=O) groups is 2. The standard InChI is InChI=1S/C24H25N3O5/c1-5-26(6-2)19-8-7-16(14(3)9-19)13-21-15(4)25-27(22(21)28)20-11-17(23(29)30)10-18(12-20)24(31)32/h7-13,25H,4-6H2,1-3H3,(H,29,30)(H,31,32). The zero-order valence-corrected chi connectivity index (χ0v) is 18.2. The van der Waals surface area contributed by atoms with Gasteiger partial charge in [0, 0.05) is 18.8 Å². The van der Waals surface area contributed by atoms with E-state index in [1.54, 1.807) is 6.08 Å². The number of aryl methyl sites for hydroxylation is 1. The normalized spacial score (nSPS) is 11.5. The summed E-state index contributed by atoms with van der Waals surface area (Å²) in [7, 11) is 0. The summed E-state index contributed by atoms with van der Waals surface area (Å²) in [5.74, 6) is -2.58. The minimum absolute atomic E-state index is 0.102. The van der Waals surface area contributed by atoms with Gasteiger partial charge in [0.1, 0.15) is 0 Å². The predicted molar refractivity (Wildman–Crippen MR) is 123 cm³/mol. The second-order valence-corrected chi connectivity index (χ2v) is 7.38. The van der Waals surface area contributed by atoms with Crippen LogP contribution in [0.2, 0.25) is 0 Å². The highest BCUT2D eigenvalue weighted by molar-refractivity contribution is 5.94. The Bertz CT molecular complexity index is 1330. The molecule has 8 heteroatoms. The van der Waals surface area contributed by atoms with Gasteiger partial charge in [0.05, 0.1) is 27.4 Å². The van der Waals surface area contributed by atoms with E-state index in [1.807, 2.05) is 19.1 Å². The van der Waals surface area contributed by atoms with Gasteiger partial charge in [0.25, 0.3) is 5.56 Å². The molecule has 166 valence electrons. The molecule has 3 rings (SSSR count). The van der Waals surface area contributed by atoms with Crippen LogP contribution in [-0.4, -0.2) is 45.0 Å². The summed E-state index contributed by atoms with van der Waals surface area (Å²) in [5, 5.41) is 22.1. The first kappa shape index (κ1) is 22.6. The molecular formula is C24H25N3O5. The number of aromatic carboxylic acids is 2. The van der Waals surface area contributed by atoms with E-state index in [-0.39, 0.29) is 16.8 Å². The molecule has 32 heavy (non-hydrogen) atoms. The number of benzene rings is 2. The van der Waals surface area contributed by atoms with Crippen molar-refractivity contribution in [1.82, 2.24) is 9.78 Å². The molecule has 1 aromatic heterocycles. The lowest BCUT2D eigenvalue weighted by atomic mass is 10.1. The zero-order valence-electron chi connectivity index (χ0n) is 18.2. The van der Waals surface area contributed by atoms with Crippen LogP contribution >= 0.6 is 0 Å². The van der Waals surface area contributed by atoms with Crippen LogP contribution in [0, 0.1) is 6.92 Å². The molecule has 0 spiro atoms.